The van der Waals surface area contributed by atoms with E-state index in [1.807, 2.05) is 6.92 Å². The van der Waals surface area contributed by atoms with E-state index in [-0.39, 0.29) is 11.4 Å². The van der Waals surface area contributed by atoms with Crippen LogP contribution in [0, 0.1) is 5.92 Å². The average molecular weight is 222 g/mol. The van der Waals surface area contributed by atoms with E-state index < -0.39 is 0 Å². The minimum Gasteiger partial charge on any atom is -0.345 e. The van der Waals surface area contributed by atoms with Crippen molar-refractivity contribution in [2.45, 2.75) is 25.3 Å². The summed E-state index contributed by atoms with van der Waals surface area (Å²) in [5.74, 6) is 0.436. The van der Waals surface area contributed by atoms with Gasteiger partial charge in [-0.15, -0.1) is 0 Å². The van der Waals surface area contributed by atoms with Gasteiger partial charge in [0.2, 0.25) is 0 Å². The van der Waals surface area contributed by atoms with Crippen LogP contribution in [0.15, 0.2) is 12.4 Å². The van der Waals surface area contributed by atoms with Crippen LogP contribution in [0.1, 0.15) is 30.1 Å². The Morgan fingerprint density at radius 1 is 1.75 bits per heavy atom. The lowest BCUT2D eigenvalue weighted by molar-refractivity contribution is 0.0898. The van der Waals surface area contributed by atoms with Gasteiger partial charge in [-0.2, -0.15) is 5.10 Å². The molecule has 1 unspecified atom stereocenters. The van der Waals surface area contributed by atoms with Crippen LogP contribution < -0.4 is 11.1 Å². The zero-order chi connectivity index (χ0) is 11.8. The maximum absolute atomic E-state index is 11.9. The fourth-order valence-electron chi connectivity index (χ4n) is 1.91. The van der Waals surface area contributed by atoms with Crippen LogP contribution in [0.4, 0.5) is 0 Å². The number of hydrogen-bond acceptors (Lipinski definition) is 3. The lowest BCUT2D eigenvalue weighted by Gasteiger charge is -2.29. The Kier molecular flexibility index (Phi) is 2.71. The highest BCUT2D eigenvalue weighted by Gasteiger charge is 2.41. The molecule has 5 heteroatoms. The Morgan fingerprint density at radius 2 is 2.44 bits per heavy atom. The maximum Gasteiger partial charge on any atom is 0.254 e. The average Bonchev–Trinajstić information content (AvgIpc) is 3.02. The summed E-state index contributed by atoms with van der Waals surface area (Å²) >= 11 is 0. The first-order chi connectivity index (χ1) is 7.55. The minimum atomic E-state index is -0.271. The number of carbonyl (C=O) groups excluding carboxylic acids is 1. The number of nitrogens with two attached hydrogens (primary N) is 1. The summed E-state index contributed by atoms with van der Waals surface area (Å²) < 4.78 is 1.62. The van der Waals surface area contributed by atoms with E-state index >= 15 is 0 Å². The van der Waals surface area contributed by atoms with Gasteiger partial charge in [-0.25, -0.2) is 0 Å². The molecule has 3 N–H and O–H groups in total. The molecule has 1 aromatic heterocycles. The molecule has 0 radical (unpaired) electrons. The molecule has 88 valence electrons. The maximum atomic E-state index is 11.9. The summed E-state index contributed by atoms with van der Waals surface area (Å²) in [6.07, 6.45) is 5.58. The summed E-state index contributed by atoms with van der Waals surface area (Å²) in [7, 11) is 1.79. The fourth-order valence-corrected chi connectivity index (χ4v) is 1.91. The molecule has 0 bridgehead atoms. The number of nitrogens with zero attached hydrogens (tertiary/aromatic N) is 2. The molecule has 0 saturated heterocycles. The second-order valence-corrected chi connectivity index (χ2v) is 4.75. The van der Waals surface area contributed by atoms with E-state index in [0.717, 1.165) is 12.8 Å². The Morgan fingerprint density at radius 3 is 2.88 bits per heavy atom. The van der Waals surface area contributed by atoms with Gasteiger partial charge in [0.25, 0.3) is 5.91 Å². The monoisotopic (exact) mass is 222 g/mol. The Bertz CT molecular complexity index is 396. The van der Waals surface area contributed by atoms with Crippen molar-refractivity contribution in [2.24, 2.45) is 18.7 Å². The first-order valence-corrected chi connectivity index (χ1v) is 5.56. The number of nitrogens with one attached hydrogen (secondary N) is 1. The van der Waals surface area contributed by atoms with Crippen molar-refractivity contribution in [2.75, 3.05) is 6.54 Å². The Balaban J connectivity index is 2.06. The van der Waals surface area contributed by atoms with Gasteiger partial charge < -0.3 is 11.1 Å². The molecule has 1 aromatic rings. The topological polar surface area (TPSA) is 72.9 Å². The highest BCUT2D eigenvalue weighted by atomic mass is 16.1. The molecule has 0 aliphatic heterocycles. The van der Waals surface area contributed by atoms with E-state index in [1.54, 1.807) is 24.1 Å². The van der Waals surface area contributed by atoms with Gasteiger partial charge in [-0.3, -0.25) is 9.48 Å². The molecule has 1 aliphatic rings. The molecule has 1 aliphatic carbocycles. The SMILES string of the molecule is Cn1cc(C(=O)NC(C)(CN)C2CC2)cn1. The predicted molar refractivity (Wildman–Crippen MR) is 60.9 cm³/mol. The van der Waals surface area contributed by atoms with Crippen LogP contribution in [-0.4, -0.2) is 27.8 Å². The molecule has 2 rings (SSSR count). The number of amides is 1. The minimum absolute atomic E-state index is 0.0899. The van der Waals surface area contributed by atoms with E-state index in [9.17, 15) is 4.79 Å². The van der Waals surface area contributed by atoms with Gasteiger partial charge in [0.15, 0.2) is 0 Å². The van der Waals surface area contributed by atoms with Crippen LogP contribution in [-0.2, 0) is 7.05 Å². The summed E-state index contributed by atoms with van der Waals surface area (Å²) in [5.41, 5.74) is 6.06. The van der Waals surface area contributed by atoms with E-state index in [1.165, 1.54) is 0 Å². The summed E-state index contributed by atoms with van der Waals surface area (Å²) in [6, 6.07) is 0. The van der Waals surface area contributed by atoms with E-state index in [0.29, 0.717) is 18.0 Å². The zero-order valence-corrected chi connectivity index (χ0v) is 9.73. The van der Waals surface area contributed by atoms with Crippen molar-refractivity contribution in [1.82, 2.24) is 15.1 Å². The van der Waals surface area contributed by atoms with Crippen molar-refractivity contribution in [3.8, 4) is 0 Å². The number of aromatic nitrogens is 2. The van der Waals surface area contributed by atoms with Gasteiger partial charge >= 0.3 is 0 Å². The van der Waals surface area contributed by atoms with Crippen molar-refractivity contribution < 1.29 is 4.79 Å². The molecule has 0 aromatic carbocycles. The highest BCUT2D eigenvalue weighted by Crippen LogP contribution is 2.39. The first-order valence-electron chi connectivity index (χ1n) is 5.56. The van der Waals surface area contributed by atoms with Gasteiger partial charge in [-0.05, 0) is 25.7 Å². The molecule has 1 fully saturated rings. The van der Waals surface area contributed by atoms with Gasteiger partial charge in [-0.1, -0.05) is 0 Å². The first kappa shape index (κ1) is 11.1. The number of hydrogen-bond donors (Lipinski definition) is 2. The Hall–Kier alpha value is -1.36. The largest absolute Gasteiger partial charge is 0.345 e. The van der Waals surface area contributed by atoms with Gasteiger partial charge in [0.1, 0.15) is 0 Å². The van der Waals surface area contributed by atoms with Crippen LogP contribution >= 0.6 is 0 Å². The third kappa shape index (κ3) is 2.09. The van der Waals surface area contributed by atoms with E-state index in [4.69, 9.17) is 5.73 Å². The normalized spacial score (nSPS) is 19.2. The molecular formula is C11H18N4O. The molecular weight excluding hydrogens is 204 g/mol. The quantitative estimate of drug-likeness (QED) is 0.768. The lowest BCUT2D eigenvalue weighted by atomic mass is 9.95. The second-order valence-electron chi connectivity index (χ2n) is 4.75. The van der Waals surface area contributed by atoms with Crippen LogP contribution in [0.25, 0.3) is 0 Å². The zero-order valence-electron chi connectivity index (χ0n) is 9.73. The number of carbonyl (C=O) groups is 1. The molecule has 16 heavy (non-hydrogen) atoms. The van der Waals surface area contributed by atoms with E-state index in [2.05, 4.69) is 10.4 Å². The smallest absolute Gasteiger partial charge is 0.254 e. The summed E-state index contributed by atoms with van der Waals surface area (Å²) in [6.45, 7) is 2.49. The van der Waals surface area contributed by atoms with Crippen molar-refractivity contribution in [3.05, 3.63) is 18.0 Å². The number of aryl methyl sites for hydroxylation is 1. The Labute approximate surface area is 95.0 Å². The van der Waals surface area contributed by atoms with Crippen molar-refractivity contribution in [1.29, 1.82) is 0 Å². The molecule has 1 saturated carbocycles. The van der Waals surface area contributed by atoms with Crippen LogP contribution in [0.3, 0.4) is 0 Å². The third-order valence-electron chi connectivity index (χ3n) is 3.27. The van der Waals surface area contributed by atoms with Gasteiger partial charge in [0.05, 0.1) is 17.3 Å². The van der Waals surface area contributed by atoms with Crippen LogP contribution in [0.5, 0.6) is 0 Å². The summed E-state index contributed by atoms with van der Waals surface area (Å²) in [5, 5.41) is 7.00. The molecule has 1 atom stereocenters. The lowest BCUT2D eigenvalue weighted by Crippen LogP contribution is -2.53. The van der Waals surface area contributed by atoms with Crippen molar-refractivity contribution >= 4 is 5.91 Å². The molecule has 0 spiro atoms. The van der Waals surface area contributed by atoms with Crippen molar-refractivity contribution in [3.63, 3.8) is 0 Å². The molecule has 1 amide bonds. The van der Waals surface area contributed by atoms with Crippen LogP contribution in [0.2, 0.25) is 0 Å². The van der Waals surface area contributed by atoms with Gasteiger partial charge in [0, 0.05) is 19.8 Å². The predicted octanol–water partition coefficient (Wildman–Crippen LogP) is 0.277. The second kappa shape index (κ2) is 3.90. The number of rotatable bonds is 4. The standard InChI is InChI=1S/C11H18N4O/c1-11(7-12,9-3-4-9)14-10(16)8-5-13-15(2)6-8/h5-6,9H,3-4,7,12H2,1-2H3,(H,14,16). The molecule has 5 nitrogen and oxygen atoms in total. The molecule has 1 heterocycles. The highest BCUT2D eigenvalue weighted by molar-refractivity contribution is 5.94. The third-order valence-corrected chi connectivity index (χ3v) is 3.27. The summed E-state index contributed by atoms with van der Waals surface area (Å²) in [4.78, 5) is 11.9. The fraction of sp³-hybridized carbons (Fsp3) is 0.636.